The normalized spacial score (nSPS) is 11.4. The fraction of sp³-hybridized carbons (Fsp3) is 0.364. The molecule has 4 nitrogen and oxygen atoms in total. The number of nitrogens with two attached hydrogens (primary N) is 1. The first-order chi connectivity index (χ1) is 7.13. The van der Waals surface area contributed by atoms with Gasteiger partial charge in [-0.15, -0.1) is 12.4 Å². The van der Waals surface area contributed by atoms with Crippen molar-refractivity contribution >= 4 is 18.3 Å². The van der Waals surface area contributed by atoms with Crippen molar-refractivity contribution in [2.24, 2.45) is 5.73 Å². The van der Waals surface area contributed by atoms with Crippen LogP contribution in [0.5, 0.6) is 0 Å². The van der Waals surface area contributed by atoms with Crippen LogP contribution in [0.15, 0.2) is 24.3 Å². The molecule has 1 aromatic rings. The highest BCUT2D eigenvalue weighted by molar-refractivity contribution is 5.85. The highest BCUT2D eigenvalue weighted by Crippen LogP contribution is 2.12. The lowest BCUT2D eigenvalue weighted by Gasteiger charge is -2.11. The van der Waals surface area contributed by atoms with Crippen LogP contribution in [0, 0.1) is 6.92 Å². The Balaban J connectivity index is 0.00000225. The molecule has 0 radical (unpaired) electrons. The molecule has 4 N–H and O–H groups in total. The summed E-state index contributed by atoms with van der Waals surface area (Å²) in [7, 11) is 0. The van der Waals surface area contributed by atoms with Crippen LogP contribution in [0.3, 0.4) is 0 Å². The second-order valence-corrected chi connectivity index (χ2v) is 3.43. The van der Waals surface area contributed by atoms with Crippen molar-refractivity contribution in [3.8, 4) is 0 Å². The number of aliphatic hydroxyl groups is 1. The molecule has 0 heterocycles. The van der Waals surface area contributed by atoms with Gasteiger partial charge in [-0.25, -0.2) is 0 Å². The van der Waals surface area contributed by atoms with Crippen LogP contribution in [-0.2, 0) is 4.79 Å². The summed E-state index contributed by atoms with van der Waals surface area (Å²) in [6, 6.07) is 7.52. The van der Waals surface area contributed by atoms with E-state index in [0.29, 0.717) is 0 Å². The third-order valence-corrected chi connectivity index (χ3v) is 2.14. The van der Waals surface area contributed by atoms with Gasteiger partial charge in [0.15, 0.2) is 0 Å². The molecule has 1 atom stereocenters. The van der Waals surface area contributed by atoms with Gasteiger partial charge in [0.2, 0.25) is 5.91 Å². The van der Waals surface area contributed by atoms with Gasteiger partial charge < -0.3 is 16.2 Å². The Kier molecular flexibility index (Phi) is 6.72. The van der Waals surface area contributed by atoms with E-state index in [1.165, 1.54) is 0 Å². The first-order valence-electron chi connectivity index (χ1n) is 4.85. The number of benzene rings is 1. The Morgan fingerprint density at radius 2 is 2.00 bits per heavy atom. The minimum Gasteiger partial charge on any atom is -0.387 e. The number of hydrogen-bond donors (Lipinski definition) is 3. The number of aliphatic hydroxyl groups excluding tert-OH is 1. The van der Waals surface area contributed by atoms with Gasteiger partial charge >= 0.3 is 0 Å². The van der Waals surface area contributed by atoms with Gasteiger partial charge in [0.05, 0.1) is 12.6 Å². The summed E-state index contributed by atoms with van der Waals surface area (Å²) in [5.74, 6) is -0.263. The lowest BCUT2D eigenvalue weighted by atomic mass is 10.1. The molecular weight excluding hydrogens is 228 g/mol. The Morgan fingerprint density at radius 1 is 1.44 bits per heavy atom. The number of nitrogens with one attached hydrogen (secondary N) is 1. The highest BCUT2D eigenvalue weighted by Gasteiger charge is 2.07. The largest absolute Gasteiger partial charge is 0.387 e. The quantitative estimate of drug-likeness (QED) is 0.723. The fourth-order valence-corrected chi connectivity index (χ4v) is 1.19. The molecule has 1 unspecified atom stereocenters. The van der Waals surface area contributed by atoms with E-state index in [-0.39, 0.29) is 31.4 Å². The topological polar surface area (TPSA) is 75.3 Å². The van der Waals surface area contributed by atoms with E-state index in [9.17, 15) is 9.90 Å². The standard InChI is InChI=1S/C11H16N2O2.ClH/c1-8-2-4-9(5-3-8)10(14)7-13-11(15)6-12;/h2-5,10,14H,6-7,12H2,1H3,(H,13,15);1H. The second kappa shape index (κ2) is 7.22. The van der Waals surface area contributed by atoms with E-state index >= 15 is 0 Å². The van der Waals surface area contributed by atoms with Gasteiger partial charge in [0.25, 0.3) is 0 Å². The molecule has 1 amide bonds. The van der Waals surface area contributed by atoms with Crippen molar-refractivity contribution in [2.75, 3.05) is 13.1 Å². The molecule has 0 aliphatic heterocycles. The number of halogens is 1. The Morgan fingerprint density at radius 3 is 2.50 bits per heavy atom. The minimum atomic E-state index is -0.680. The zero-order valence-corrected chi connectivity index (χ0v) is 9.96. The van der Waals surface area contributed by atoms with Gasteiger partial charge in [-0.3, -0.25) is 4.79 Å². The van der Waals surface area contributed by atoms with Crippen LogP contribution in [0.4, 0.5) is 0 Å². The highest BCUT2D eigenvalue weighted by atomic mass is 35.5. The molecule has 16 heavy (non-hydrogen) atoms. The Labute approximate surface area is 101 Å². The zero-order chi connectivity index (χ0) is 11.3. The summed E-state index contributed by atoms with van der Waals surface area (Å²) in [4.78, 5) is 10.9. The summed E-state index contributed by atoms with van der Waals surface area (Å²) in [6.45, 7) is 2.12. The summed E-state index contributed by atoms with van der Waals surface area (Å²) in [6.07, 6.45) is -0.680. The Bertz CT molecular complexity index is 327. The van der Waals surface area contributed by atoms with Crippen LogP contribution in [0.25, 0.3) is 0 Å². The molecule has 0 spiro atoms. The van der Waals surface area contributed by atoms with Crippen molar-refractivity contribution < 1.29 is 9.90 Å². The number of carbonyl (C=O) groups excluding carboxylic acids is 1. The van der Waals surface area contributed by atoms with Gasteiger partial charge in [-0.1, -0.05) is 29.8 Å². The van der Waals surface area contributed by atoms with Gasteiger partial charge in [-0.05, 0) is 12.5 Å². The van der Waals surface area contributed by atoms with Crippen LogP contribution in [-0.4, -0.2) is 24.1 Å². The first-order valence-corrected chi connectivity index (χ1v) is 4.85. The van der Waals surface area contributed by atoms with Crippen LogP contribution in [0.1, 0.15) is 17.2 Å². The van der Waals surface area contributed by atoms with E-state index < -0.39 is 6.10 Å². The maximum Gasteiger partial charge on any atom is 0.233 e. The average molecular weight is 245 g/mol. The Hall–Kier alpha value is -1.10. The lowest BCUT2D eigenvalue weighted by molar-refractivity contribution is -0.120. The summed E-state index contributed by atoms with van der Waals surface area (Å²) < 4.78 is 0. The number of hydrogen-bond acceptors (Lipinski definition) is 3. The molecule has 0 aliphatic rings. The predicted octanol–water partition coefficient (Wildman–Crippen LogP) is 0.525. The lowest BCUT2D eigenvalue weighted by Crippen LogP contribution is -2.33. The molecule has 0 saturated heterocycles. The maximum absolute atomic E-state index is 10.9. The average Bonchev–Trinajstić information content (AvgIpc) is 2.26. The van der Waals surface area contributed by atoms with E-state index in [1.54, 1.807) is 0 Å². The first kappa shape index (κ1) is 14.9. The van der Waals surface area contributed by atoms with Crippen molar-refractivity contribution in [1.82, 2.24) is 5.32 Å². The van der Waals surface area contributed by atoms with Crippen molar-refractivity contribution in [2.45, 2.75) is 13.0 Å². The van der Waals surface area contributed by atoms with Gasteiger partial charge in [0.1, 0.15) is 0 Å². The monoisotopic (exact) mass is 244 g/mol. The number of aryl methyl sites for hydroxylation is 1. The number of rotatable bonds is 4. The SMILES string of the molecule is Cc1ccc(C(O)CNC(=O)CN)cc1.Cl. The van der Waals surface area contributed by atoms with E-state index in [4.69, 9.17) is 5.73 Å². The summed E-state index contributed by atoms with van der Waals surface area (Å²) in [5.41, 5.74) is 7.05. The smallest absolute Gasteiger partial charge is 0.233 e. The van der Waals surface area contributed by atoms with Gasteiger partial charge in [0, 0.05) is 6.54 Å². The van der Waals surface area contributed by atoms with Crippen LogP contribution in [0.2, 0.25) is 0 Å². The van der Waals surface area contributed by atoms with Crippen molar-refractivity contribution in [3.63, 3.8) is 0 Å². The minimum absolute atomic E-state index is 0. The zero-order valence-electron chi connectivity index (χ0n) is 9.14. The van der Waals surface area contributed by atoms with E-state index in [2.05, 4.69) is 5.32 Å². The molecule has 1 aromatic carbocycles. The predicted molar refractivity (Wildman–Crippen MR) is 65.5 cm³/mol. The second-order valence-electron chi connectivity index (χ2n) is 3.43. The molecule has 5 heteroatoms. The van der Waals surface area contributed by atoms with Crippen molar-refractivity contribution in [1.29, 1.82) is 0 Å². The van der Waals surface area contributed by atoms with Crippen LogP contribution < -0.4 is 11.1 Å². The van der Waals surface area contributed by atoms with Crippen molar-refractivity contribution in [3.05, 3.63) is 35.4 Å². The number of carbonyl (C=O) groups is 1. The molecule has 0 fully saturated rings. The summed E-state index contributed by atoms with van der Waals surface area (Å²) in [5, 5.41) is 12.2. The molecule has 0 bridgehead atoms. The maximum atomic E-state index is 10.9. The molecular formula is C11H17ClN2O2. The third kappa shape index (κ3) is 4.61. The molecule has 0 aliphatic carbocycles. The van der Waals surface area contributed by atoms with E-state index in [0.717, 1.165) is 11.1 Å². The fourth-order valence-electron chi connectivity index (χ4n) is 1.19. The molecule has 0 aromatic heterocycles. The van der Waals surface area contributed by atoms with Crippen LogP contribution >= 0.6 is 12.4 Å². The number of amides is 1. The molecule has 1 rings (SSSR count). The summed E-state index contributed by atoms with van der Waals surface area (Å²) >= 11 is 0. The van der Waals surface area contributed by atoms with E-state index in [1.807, 2.05) is 31.2 Å². The van der Waals surface area contributed by atoms with Gasteiger partial charge in [-0.2, -0.15) is 0 Å². The third-order valence-electron chi connectivity index (χ3n) is 2.14. The molecule has 90 valence electrons. The molecule has 0 saturated carbocycles.